The third-order valence-electron chi connectivity index (χ3n) is 8.24. The number of nitro groups is 1. The zero-order chi connectivity index (χ0) is 35.0. The average molecular weight is 661 g/mol. The number of fused-ring (bicyclic) bond motifs is 1. The van der Waals surface area contributed by atoms with E-state index in [-0.39, 0.29) is 30.3 Å². The Morgan fingerprint density at radius 2 is 1.43 bits per heavy atom. The zero-order valence-electron chi connectivity index (χ0n) is 27.8. The normalized spacial score (nSPS) is 13.4. The molecule has 5 rings (SSSR count). The number of nitro benzene ring substituents is 1. The molecule has 1 aliphatic heterocycles. The van der Waals surface area contributed by atoms with Gasteiger partial charge in [0.15, 0.2) is 0 Å². The fraction of sp³-hybridized carbons (Fsp3) is 0.256. The van der Waals surface area contributed by atoms with E-state index >= 15 is 0 Å². The summed E-state index contributed by atoms with van der Waals surface area (Å²) in [6.07, 6.45) is 2.92. The molecule has 10 heteroatoms. The third-order valence-corrected chi connectivity index (χ3v) is 8.24. The Hall–Kier alpha value is -5.77. The van der Waals surface area contributed by atoms with Crippen LogP contribution in [0.25, 0.3) is 0 Å². The van der Waals surface area contributed by atoms with Crippen LogP contribution < -0.4 is 15.5 Å². The SMILES string of the molecule is CC(C)(C)OC(=O)N[C@H](/C=C/C(=O)N1CCc2cc([N+](=O)[O-])ccc21)CCC(=O)NC(c1ccccc1)(c1ccccc1)c1ccccc1. The Labute approximate surface area is 285 Å². The van der Waals surface area contributed by atoms with E-state index in [1.807, 2.05) is 91.0 Å². The fourth-order valence-electron chi connectivity index (χ4n) is 6.03. The number of ether oxygens (including phenoxy) is 1. The zero-order valence-corrected chi connectivity index (χ0v) is 27.8. The second-order valence-electron chi connectivity index (χ2n) is 12.9. The monoisotopic (exact) mass is 660 g/mol. The lowest BCUT2D eigenvalue weighted by atomic mass is 9.77. The number of carbonyl (C=O) groups is 3. The summed E-state index contributed by atoms with van der Waals surface area (Å²) in [5, 5.41) is 17.3. The largest absolute Gasteiger partial charge is 0.444 e. The average Bonchev–Trinajstić information content (AvgIpc) is 3.52. The molecule has 0 aliphatic carbocycles. The van der Waals surface area contributed by atoms with Gasteiger partial charge in [-0.1, -0.05) is 97.1 Å². The van der Waals surface area contributed by atoms with Gasteiger partial charge in [0, 0.05) is 36.9 Å². The summed E-state index contributed by atoms with van der Waals surface area (Å²) >= 11 is 0. The molecule has 1 aliphatic rings. The quantitative estimate of drug-likeness (QED) is 0.0786. The number of benzene rings is 4. The number of carbonyl (C=O) groups excluding carboxylic acids is 3. The van der Waals surface area contributed by atoms with Crippen LogP contribution in [0, 0.1) is 10.1 Å². The van der Waals surface area contributed by atoms with Crippen molar-refractivity contribution < 1.29 is 24.0 Å². The molecule has 4 aromatic rings. The lowest BCUT2D eigenvalue weighted by Crippen LogP contribution is -2.48. The van der Waals surface area contributed by atoms with E-state index in [0.29, 0.717) is 18.7 Å². The first kappa shape index (κ1) is 34.6. The van der Waals surface area contributed by atoms with Crippen molar-refractivity contribution in [3.8, 4) is 0 Å². The van der Waals surface area contributed by atoms with Gasteiger partial charge < -0.3 is 20.3 Å². The van der Waals surface area contributed by atoms with Gasteiger partial charge in [-0.25, -0.2) is 4.79 Å². The first-order valence-electron chi connectivity index (χ1n) is 16.2. The number of non-ortho nitro benzene ring substituents is 1. The fourth-order valence-corrected chi connectivity index (χ4v) is 6.03. The predicted molar refractivity (Wildman–Crippen MR) is 188 cm³/mol. The molecule has 0 unspecified atom stereocenters. The lowest BCUT2D eigenvalue weighted by molar-refractivity contribution is -0.384. The molecule has 0 spiro atoms. The minimum absolute atomic E-state index is 0.0173. The van der Waals surface area contributed by atoms with Gasteiger partial charge in [-0.15, -0.1) is 0 Å². The number of amides is 3. The van der Waals surface area contributed by atoms with E-state index in [1.165, 1.54) is 18.2 Å². The topological polar surface area (TPSA) is 131 Å². The third kappa shape index (κ3) is 8.39. The molecule has 0 saturated heterocycles. The van der Waals surface area contributed by atoms with E-state index in [0.717, 1.165) is 22.3 Å². The van der Waals surface area contributed by atoms with Crippen LogP contribution in [0.4, 0.5) is 16.2 Å². The molecule has 0 saturated carbocycles. The van der Waals surface area contributed by atoms with Crippen LogP contribution in [0.15, 0.2) is 121 Å². The Morgan fingerprint density at radius 3 is 1.94 bits per heavy atom. The highest BCUT2D eigenvalue weighted by atomic mass is 16.6. The summed E-state index contributed by atoms with van der Waals surface area (Å²) in [7, 11) is 0. The van der Waals surface area contributed by atoms with Crippen LogP contribution in [0.1, 0.15) is 55.9 Å². The number of hydrogen-bond donors (Lipinski definition) is 2. The number of alkyl carbamates (subject to hydrolysis) is 1. The van der Waals surface area contributed by atoms with Gasteiger partial charge in [0.2, 0.25) is 5.91 Å². The number of nitrogens with one attached hydrogen (secondary N) is 2. The summed E-state index contributed by atoms with van der Waals surface area (Å²) in [5.74, 6) is -0.605. The Kier molecular flexibility index (Phi) is 10.6. The number of nitrogens with zero attached hydrogens (tertiary/aromatic N) is 2. The molecular weight excluding hydrogens is 620 g/mol. The van der Waals surface area contributed by atoms with E-state index in [4.69, 9.17) is 4.74 Å². The van der Waals surface area contributed by atoms with E-state index in [2.05, 4.69) is 10.6 Å². The maximum atomic E-state index is 14.0. The molecule has 4 aromatic carbocycles. The second kappa shape index (κ2) is 15.0. The second-order valence-corrected chi connectivity index (χ2v) is 12.9. The minimum atomic E-state index is -1.00. The van der Waals surface area contributed by atoms with Gasteiger partial charge in [0.05, 0.1) is 11.0 Å². The van der Waals surface area contributed by atoms with Gasteiger partial charge in [-0.05, 0) is 61.9 Å². The smallest absolute Gasteiger partial charge is 0.408 e. The van der Waals surface area contributed by atoms with Gasteiger partial charge in [-0.2, -0.15) is 0 Å². The molecule has 3 amide bonds. The van der Waals surface area contributed by atoms with Crippen molar-refractivity contribution in [2.45, 2.75) is 57.2 Å². The maximum Gasteiger partial charge on any atom is 0.408 e. The summed E-state index contributed by atoms with van der Waals surface area (Å²) in [6.45, 7) is 5.62. The molecule has 2 N–H and O–H groups in total. The molecular formula is C39H40N4O6. The first-order chi connectivity index (χ1) is 23.5. The van der Waals surface area contributed by atoms with E-state index in [1.54, 1.807) is 37.8 Å². The summed E-state index contributed by atoms with van der Waals surface area (Å²) < 4.78 is 5.48. The van der Waals surface area contributed by atoms with Crippen LogP contribution in [0.3, 0.4) is 0 Å². The first-order valence-corrected chi connectivity index (χ1v) is 16.2. The minimum Gasteiger partial charge on any atom is -0.444 e. The van der Waals surface area contributed by atoms with Crippen LogP contribution in [0.2, 0.25) is 0 Å². The van der Waals surface area contributed by atoms with E-state index in [9.17, 15) is 24.5 Å². The summed E-state index contributed by atoms with van der Waals surface area (Å²) in [4.78, 5) is 52.4. The maximum absolute atomic E-state index is 14.0. The summed E-state index contributed by atoms with van der Waals surface area (Å²) in [6, 6.07) is 33.0. The molecule has 10 nitrogen and oxygen atoms in total. The number of hydrogen-bond acceptors (Lipinski definition) is 6. The molecule has 49 heavy (non-hydrogen) atoms. The molecule has 0 radical (unpaired) electrons. The Bertz CT molecular complexity index is 1720. The Balaban J connectivity index is 1.38. The standard InChI is InChI=1S/C39H40N4O6/c1-38(2,3)49-37(46)40-32(20-24-36(45)42-26-25-28-27-33(43(47)48)21-22-34(28)42)19-23-35(44)41-39(29-13-7-4-8-14-29,30-15-9-5-10-16-30)31-17-11-6-12-18-31/h4-18,20-22,24,27,32H,19,23,25-26H2,1-3H3,(H,40,46)(H,41,44)/b24-20+/t32-/m0/s1. The summed E-state index contributed by atoms with van der Waals surface area (Å²) in [5.41, 5.74) is 2.18. The van der Waals surface area contributed by atoms with Crippen molar-refractivity contribution >= 4 is 29.3 Å². The van der Waals surface area contributed by atoms with Crippen LogP contribution >= 0.6 is 0 Å². The van der Waals surface area contributed by atoms with Crippen molar-refractivity contribution in [2.24, 2.45) is 0 Å². The molecule has 252 valence electrons. The van der Waals surface area contributed by atoms with Gasteiger partial charge in [-0.3, -0.25) is 19.7 Å². The van der Waals surface area contributed by atoms with Crippen molar-refractivity contribution in [1.82, 2.24) is 10.6 Å². The van der Waals surface area contributed by atoms with Crippen LogP contribution in [-0.4, -0.2) is 41.0 Å². The van der Waals surface area contributed by atoms with E-state index < -0.39 is 28.2 Å². The highest BCUT2D eigenvalue weighted by Gasteiger charge is 2.38. The van der Waals surface area contributed by atoms with Gasteiger partial charge >= 0.3 is 6.09 Å². The predicted octanol–water partition coefficient (Wildman–Crippen LogP) is 6.82. The van der Waals surface area contributed by atoms with Crippen molar-refractivity contribution in [2.75, 3.05) is 11.4 Å². The molecule has 0 bridgehead atoms. The van der Waals surface area contributed by atoms with Crippen LogP contribution in [-0.2, 0) is 26.3 Å². The van der Waals surface area contributed by atoms with Gasteiger partial charge in [0.25, 0.3) is 11.6 Å². The molecule has 1 heterocycles. The molecule has 0 aromatic heterocycles. The molecule has 0 fully saturated rings. The van der Waals surface area contributed by atoms with Crippen molar-refractivity contribution in [3.63, 3.8) is 0 Å². The lowest BCUT2D eigenvalue weighted by Gasteiger charge is -2.37. The van der Waals surface area contributed by atoms with Crippen molar-refractivity contribution in [1.29, 1.82) is 0 Å². The highest BCUT2D eigenvalue weighted by Crippen LogP contribution is 2.37. The Morgan fingerprint density at radius 1 is 0.878 bits per heavy atom. The van der Waals surface area contributed by atoms with Crippen molar-refractivity contribution in [3.05, 3.63) is 154 Å². The van der Waals surface area contributed by atoms with Crippen LogP contribution in [0.5, 0.6) is 0 Å². The van der Waals surface area contributed by atoms with Gasteiger partial charge in [0.1, 0.15) is 11.1 Å². The number of anilines is 1. The number of rotatable bonds is 11. The highest BCUT2D eigenvalue weighted by molar-refractivity contribution is 6.03. The molecule has 1 atom stereocenters.